The van der Waals surface area contributed by atoms with E-state index < -0.39 is 17.8 Å². The number of ether oxygens (including phenoxy) is 2. The van der Waals surface area contributed by atoms with E-state index in [1.54, 1.807) is 20.1 Å². The van der Waals surface area contributed by atoms with E-state index in [2.05, 4.69) is 5.32 Å². The normalized spacial score (nSPS) is 25.4. The molecule has 1 aromatic rings. The molecule has 1 aromatic carbocycles. The van der Waals surface area contributed by atoms with E-state index in [0.717, 1.165) is 5.56 Å². The first-order valence-corrected chi connectivity index (χ1v) is 8.84. The highest BCUT2D eigenvalue weighted by Crippen LogP contribution is 2.44. The molecule has 3 rings (SSSR count). The summed E-state index contributed by atoms with van der Waals surface area (Å²) >= 11 is 0. The number of amides is 1. The summed E-state index contributed by atoms with van der Waals surface area (Å²) in [6.45, 7) is 3.79. The number of carbonyl (C=O) groups excluding carboxylic acids is 3. The molecule has 138 valence electrons. The molecule has 0 bridgehead atoms. The lowest BCUT2D eigenvalue weighted by Gasteiger charge is -2.36. The number of para-hydroxylation sites is 1. The molecular formula is C20H23NO5. The lowest BCUT2D eigenvalue weighted by molar-refractivity contribution is -0.153. The number of nitrogens with one attached hydrogen (secondary N) is 1. The van der Waals surface area contributed by atoms with E-state index in [0.29, 0.717) is 23.4 Å². The lowest BCUT2D eigenvalue weighted by Crippen LogP contribution is -2.44. The first-order valence-electron chi connectivity index (χ1n) is 8.84. The molecule has 0 aromatic heterocycles. The second-order valence-electron chi connectivity index (χ2n) is 6.71. The third kappa shape index (κ3) is 3.11. The monoisotopic (exact) mass is 357 g/mol. The van der Waals surface area contributed by atoms with Crippen LogP contribution in [0.4, 0.5) is 0 Å². The minimum Gasteiger partial charge on any atom is -0.496 e. The maximum absolute atomic E-state index is 13.2. The number of rotatable bonds is 4. The van der Waals surface area contributed by atoms with Crippen molar-refractivity contribution in [2.45, 2.75) is 32.6 Å². The Bertz CT molecular complexity index is 782. The second kappa shape index (κ2) is 7.32. The Morgan fingerprint density at radius 1 is 1.23 bits per heavy atom. The van der Waals surface area contributed by atoms with Gasteiger partial charge >= 0.3 is 5.97 Å². The molecule has 1 N–H and O–H groups in total. The fourth-order valence-electron chi connectivity index (χ4n) is 3.92. The predicted molar refractivity (Wildman–Crippen MR) is 94.4 cm³/mol. The standard InChI is InChI=1S/C20H23NO5/c1-4-26-20(24)17-11(2)9-14-18(19(17)23)13(10-16(22)21-14)12-7-5-6-8-15(12)25-3/h5-8,11,13,17H,4,9-10H2,1-3H3,(H,21,22). The molecule has 0 spiro atoms. The number of Topliss-reactive ketones (excluding diaryl/α,β-unsaturated/α-hetero) is 1. The molecule has 0 saturated heterocycles. The topological polar surface area (TPSA) is 81.7 Å². The number of benzene rings is 1. The highest BCUT2D eigenvalue weighted by molar-refractivity contribution is 6.11. The maximum atomic E-state index is 13.2. The molecule has 1 amide bonds. The predicted octanol–water partition coefficient (Wildman–Crippen LogP) is 2.34. The Morgan fingerprint density at radius 3 is 2.65 bits per heavy atom. The van der Waals surface area contributed by atoms with Crippen LogP contribution < -0.4 is 10.1 Å². The number of allylic oxidation sites excluding steroid dienone is 2. The number of methoxy groups -OCH3 is 1. The SMILES string of the molecule is CCOC(=O)C1C(=O)C2=C(CC1C)NC(=O)CC2c1ccccc1OC. The summed E-state index contributed by atoms with van der Waals surface area (Å²) in [4.78, 5) is 37.8. The van der Waals surface area contributed by atoms with Crippen LogP contribution in [0.25, 0.3) is 0 Å². The van der Waals surface area contributed by atoms with Crippen molar-refractivity contribution in [2.75, 3.05) is 13.7 Å². The van der Waals surface area contributed by atoms with Crippen LogP contribution in [0.5, 0.6) is 5.75 Å². The zero-order valence-electron chi connectivity index (χ0n) is 15.2. The first kappa shape index (κ1) is 18.2. The molecule has 1 aliphatic heterocycles. The molecule has 3 unspecified atom stereocenters. The van der Waals surface area contributed by atoms with Crippen molar-refractivity contribution in [2.24, 2.45) is 11.8 Å². The number of esters is 1. The molecular weight excluding hydrogens is 334 g/mol. The third-order valence-electron chi connectivity index (χ3n) is 5.05. The van der Waals surface area contributed by atoms with E-state index in [9.17, 15) is 14.4 Å². The van der Waals surface area contributed by atoms with E-state index in [1.165, 1.54) is 0 Å². The van der Waals surface area contributed by atoms with Gasteiger partial charge in [0.25, 0.3) is 0 Å². The van der Waals surface area contributed by atoms with Crippen LogP contribution in [0.15, 0.2) is 35.5 Å². The maximum Gasteiger partial charge on any atom is 0.317 e. The largest absolute Gasteiger partial charge is 0.496 e. The molecule has 0 radical (unpaired) electrons. The van der Waals surface area contributed by atoms with E-state index in [1.807, 2.05) is 25.1 Å². The Balaban J connectivity index is 2.07. The molecule has 26 heavy (non-hydrogen) atoms. The van der Waals surface area contributed by atoms with Gasteiger partial charge in [-0.15, -0.1) is 0 Å². The van der Waals surface area contributed by atoms with Crippen LogP contribution in [0.1, 0.15) is 38.2 Å². The molecule has 1 heterocycles. The van der Waals surface area contributed by atoms with Crippen LogP contribution in [0.3, 0.4) is 0 Å². The highest BCUT2D eigenvalue weighted by atomic mass is 16.5. The van der Waals surface area contributed by atoms with Crippen molar-refractivity contribution in [3.8, 4) is 5.75 Å². The van der Waals surface area contributed by atoms with E-state index in [4.69, 9.17) is 9.47 Å². The van der Waals surface area contributed by atoms with Gasteiger partial charge in [0.1, 0.15) is 11.7 Å². The number of ketones is 1. The van der Waals surface area contributed by atoms with Gasteiger partial charge in [-0.1, -0.05) is 25.1 Å². The van der Waals surface area contributed by atoms with Gasteiger partial charge in [-0.25, -0.2) is 0 Å². The minimum absolute atomic E-state index is 0.130. The average molecular weight is 357 g/mol. The van der Waals surface area contributed by atoms with Gasteiger partial charge in [-0.05, 0) is 25.3 Å². The molecule has 3 atom stereocenters. The van der Waals surface area contributed by atoms with Gasteiger partial charge < -0.3 is 14.8 Å². The lowest BCUT2D eigenvalue weighted by atomic mass is 9.70. The molecule has 1 aliphatic carbocycles. The van der Waals surface area contributed by atoms with Gasteiger partial charge in [0.2, 0.25) is 5.91 Å². The summed E-state index contributed by atoms with van der Waals surface area (Å²) in [5, 5.41) is 2.83. The summed E-state index contributed by atoms with van der Waals surface area (Å²) < 4.78 is 10.5. The molecule has 2 aliphatic rings. The van der Waals surface area contributed by atoms with Crippen molar-refractivity contribution < 1.29 is 23.9 Å². The quantitative estimate of drug-likeness (QED) is 0.661. The van der Waals surface area contributed by atoms with Crippen molar-refractivity contribution in [3.05, 3.63) is 41.1 Å². The molecule has 6 heteroatoms. The zero-order chi connectivity index (χ0) is 18.8. The fraction of sp³-hybridized carbons (Fsp3) is 0.450. The summed E-state index contributed by atoms with van der Waals surface area (Å²) in [5.41, 5.74) is 1.91. The van der Waals surface area contributed by atoms with E-state index in [-0.39, 0.29) is 30.6 Å². The van der Waals surface area contributed by atoms with Crippen LogP contribution in [0, 0.1) is 11.8 Å². The van der Waals surface area contributed by atoms with Gasteiger partial charge in [0, 0.05) is 29.2 Å². The number of carbonyl (C=O) groups is 3. The summed E-state index contributed by atoms with van der Waals surface area (Å²) in [6, 6.07) is 7.36. The Kier molecular flexibility index (Phi) is 5.11. The van der Waals surface area contributed by atoms with Gasteiger partial charge in [-0.2, -0.15) is 0 Å². The summed E-state index contributed by atoms with van der Waals surface area (Å²) in [5.74, 6) is -1.74. The average Bonchev–Trinajstić information content (AvgIpc) is 2.60. The Labute approximate surface area is 152 Å². The minimum atomic E-state index is -0.832. The number of hydrogen-bond donors (Lipinski definition) is 1. The van der Waals surface area contributed by atoms with E-state index >= 15 is 0 Å². The van der Waals surface area contributed by atoms with Crippen molar-refractivity contribution in [3.63, 3.8) is 0 Å². The van der Waals surface area contributed by atoms with Gasteiger partial charge in [0.15, 0.2) is 5.78 Å². The molecule has 0 saturated carbocycles. The highest BCUT2D eigenvalue weighted by Gasteiger charge is 2.46. The van der Waals surface area contributed by atoms with Gasteiger partial charge in [0.05, 0.1) is 13.7 Å². The fourth-order valence-corrected chi connectivity index (χ4v) is 3.92. The van der Waals surface area contributed by atoms with Gasteiger partial charge in [-0.3, -0.25) is 14.4 Å². The zero-order valence-corrected chi connectivity index (χ0v) is 15.2. The van der Waals surface area contributed by atoms with Crippen LogP contribution in [-0.2, 0) is 19.1 Å². The third-order valence-corrected chi connectivity index (χ3v) is 5.05. The smallest absolute Gasteiger partial charge is 0.317 e. The van der Waals surface area contributed by atoms with Crippen LogP contribution in [0.2, 0.25) is 0 Å². The summed E-state index contributed by atoms with van der Waals surface area (Å²) in [7, 11) is 1.56. The first-order chi connectivity index (χ1) is 12.5. The second-order valence-corrected chi connectivity index (χ2v) is 6.71. The Morgan fingerprint density at radius 2 is 1.96 bits per heavy atom. The Hall–Kier alpha value is -2.63. The van der Waals surface area contributed by atoms with Crippen molar-refractivity contribution in [1.82, 2.24) is 5.32 Å². The van der Waals surface area contributed by atoms with Crippen LogP contribution in [-0.4, -0.2) is 31.4 Å². The van der Waals surface area contributed by atoms with Crippen LogP contribution >= 0.6 is 0 Å². The molecule has 6 nitrogen and oxygen atoms in total. The molecule has 0 fully saturated rings. The number of hydrogen-bond acceptors (Lipinski definition) is 5. The summed E-state index contributed by atoms with van der Waals surface area (Å²) in [6.07, 6.45) is 0.608. The van der Waals surface area contributed by atoms with Crippen molar-refractivity contribution >= 4 is 17.7 Å². The van der Waals surface area contributed by atoms with Crippen molar-refractivity contribution in [1.29, 1.82) is 0 Å².